The maximum atomic E-state index is 14.2. The Hall–Kier alpha value is -4.05. The highest BCUT2D eigenvalue weighted by molar-refractivity contribution is 7.92. The van der Waals surface area contributed by atoms with Crippen LogP contribution in [0.15, 0.2) is 83.8 Å². The largest absolute Gasteiger partial charge is 0.497 e. The van der Waals surface area contributed by atoms with Crippen molar-refractivity contribution in [2.24, 2.45) is 0 Å². The summed E-state index contributed by atoms with van der Waals surface area (Å²) in [5.41, 5.74) is 1.05. The molecule has 0 unspecified atom stereocenters. The van der Waals surface area contributed by atoms with Gasteiger partial charge in [0.25, 0.3) is 10.0 Å². The number of anilines is 1. The fourth-order valence-corrected chi connectivity index (χ4v) is 6.72. The highest BCUT2D eigenvalue weighted by atomic mass is 32.2. The molecule has 0 aliphatic heterocycles. The van der Waals surface area contributed by atoms with Crippen LogP contribution >= 0.6 is 0 Å². The number of carbonyl (C=O) groups is 2. The van der Waals surface area contributed by atoms with Crippen molar-refractivity contribution in [1.82, 2.24) is 10.2 Å². The summed E-state index contributed by atoms with van der Waals surface area (Å²) in [5.74, 6) is 0.0655. The molecule has 1 aliphatic rings. The van der Waals surface area contributed by atoms with E-state index in [1.165, 1.54) is 31.3 Å². The second-order valence-corrected chi connectivity index (χ2v) is 12.1. The number of nitrogens with zero attached hydrogens (tertiary/aromatic N) is 2. The van der Waals surface area contributed by atoms with Gasteiger partial charge in [0.05, 0.1) is 24.8 Å². The van der Waals surface area contributed by atoms with Gasteiger partial charge in [-0.25, -0.2) is 8.42 Å². The van der Waals surface area contributed by atoms with E-state index in [1.54, 1.807) is 36.4 Å². The minimum Gasteiger partial charge on any atom is -0.497 e. The standard InChI is InChI=1S/C32H39N3O6S/c1-4-28(32(37)33-25-14-8-9-15-25)34(22-24-12-6-5-7-13-24)31(36)23-35(29-16-10-11-17-30(29)41-3)42(38,39)27-20-18-26(40-2)19-21-27/h5-7,10-13,16-21,25,28H,4,8-9,14-15,22-23H2,1-3H3,(H,33,37)/t28-/m1/s1. The maximum absolute atomic E-state index is 14.2. The van der Waals surface area contributed by atoms with E-state index in [4.69, 9.17) is 9.47 Å². The Morgan fingerprint density at radius 1 is 0.905 bits per heavy atom. The van der Waals surface area contributed by atoms with Crippen LogP contribution in [0.1, 0.15) is 44.6 Å². The summed E-state index contributed by atoms with van der Waals surface area (Å²) >= 11 is 0. The molecule has 3 aromatic carbocycles. The Labute approximate surface area is 248 Å². The molecule has 10 heteroatoms. The number of sulfonamides is 1. The average Bonchev–Trinajstić information content (AvgIpc) is 3.53. The highest BCUT2D eigenvalue weighted by Crippen LogP contribution is 2.33. The van der Waals surface area contributed by atoms with Gasteiger partial charge in [0.15, 0.2) is 0 Å². The monoisotopic (exact) mass is 593 g/mol. The summed E-state index contributed by atoms with van der Waals surface area (Å²) in [6, 6.07) is 21.3. The first-order valence-electron chi connectivity index (χ1n) is 14.2. The van der Waals surface area contributed by atoms with Gasteiger partial charge in [0.1, 0.15) is 24.1 Å². The van der Waals surface area contributed by atoms with Gasteiger partial charge in [0, 0.05) is 12.6 Å². The Bertz CT molecular complexity index is 1440. The molecule has 4 rings (SSSR count). The van der Waals surface area contributed by atoms with Gasteiger partial charge in [-0.1, -0.05) is 62.2 Å². The van der Waals surface area contributed by atoms with Crippen LogP contribution in [0, 0.1) is 0 Å². The molecule has 0 aromatic heterocycles. The van der Waals surface area contributed by atoms with E-state index < -0.39 is 28.5 Å². The molecular formula is C32H39N3O6S. The molecule has 1 fully saturated rings. The first kappa shape index (κ1) is 30.9. The van der Waals surface area contributed by atoms with Crippen molar-refractivity contribution in [2.45, 2.75) is 62.6 Å². The molecule has 0 radical (unpaired) electrons. The zero-order valence-electron chi connectivity index (χ0n) is 24.4. The van der Waals surface area contributed by atoms with E-state index >= 15 is 0 Å². The smallest absolute Gasteiger partial charge is 0.264 e. The van der Waals surface area contributed by atoms with E-state index in [9.17, 15) is 18.0 Å². The van der Waals surface area contributed by atoms with Crippen LogP contribution < -0.4 is 19.1 Å². The fraction of sp³-hybridized carbons (Fsp3) is 0.375. The Morgan fingerprint density at radius 2 is 1.55 bits per heavy atom. The minimum absolute atomic E-state index is 0.0115. The van der Waals surface area contributed by atoms with Gasteiger partial charge in [-0.2, -0.15) is 0 Å². The fourth-order valence-electron chi connectivity index (χ4n) is 5.29. The molecule has 1 aliphatic carbocycles. The van der Waals surface area contributed by atoms with Gasteiger partial charge < -0.3 is 19.7 Å². The van der Waals surface area contributed by atoms with E-state index in [-0.39, 0.29) is 29.1 Å². The lowest BCUT2D eigenvalue weighted by molar-refractivity contribution is -0.140. The van der Waals surface area contributed by atoms with Gasteiger partial charge >= 0.3 is 0 Å². The predicted molar refractivity (Wildman–Crippen MR) is 162 cm³/mol. The quantitative estimate of drug-likeness (QED) is 0.306. The predicted octanol–water partition coefficient (Wildman–Crippen LogP) is 4.77. The Kier molecular flexibility index (Phi) is 10.5. The van der Waals surface area contributed by atoms with Crippen LogP contribution in [0.2, 0.25) is 0 Å². The molecule has 0 heterocycles. The summed E-state index contributed by atoms with van der Waals surface area (Å²) in [4.78, 5) is 29.2. The third-order valence-electron chi connectivity index (χ3n) is 7.56. The number of carbonyl (C=O) groups excluding carboxylic acids is 2. The van der Waals surface area contributed by atoms with Crippen LogP contribution in [0.3, 0.4) is 0 Å². The van der Waals surface area contributed by atoms with Crippen molar-refractivity contribution in [3.05, 3.63) is 84.4 Å². The number of ether oxygens (including phenoxy) is 2. The van der Waals surface area contributed by atoms with E-state index in [0.29, 0.717) is 17.9 Å². The average molecular weight is 594 g/mol. The van der Waals surface area contributed by atoms with Crippen molar-refractivity contribution in [2.75, 3.05) is 25.1 Å². The minimum atomic E-state index is -4.23. The van der Waals surface area contributed by atoms with Gasteiger partial charge in [-0.15, -0.1) is 0 Å². The lowest BCUT2D eigenvalue weighted by Crippen LogP contribution is -2.53. The van der Waals surface area contributed by atoms with Gasteiger partial charge in [-0.3, -0.25) is 13.9 Å². The summed E-state index contributed by atoms with van der Waals surface area (Å²) in [6.45, 7) is 1.48. The summed E-state index contributed by atoms with van der Waals surface area (Å²) in [5, 5.41) is 3.12. The molecule has 3 aromatic rings. The zero-order valence-corrected chi connectivity index (χ0v) is 25.2. The van der Waals surface area contributed by atoms with Crippen LogP contribution in [0.25, 0.3) is 0 Å². The summed E-state index contributed by atoms with van der Waals surface area (Å²) in [6.07, 6.45) is 4.32. The molecule has 224 valence electrons. The van der Waals surface area contributed by atoms with Crippen molar-refractivity contribution in [3.63, 3.8) is 0 Å². The number of nitrogens with one attached hydrogen (secondary N) is 1. The van der Waals surface area contributed by atoms with E-state index in [2.05, 4.69) is 5.32 Å². The first-order valence-corrected chi connectivity index (χ1v) is 15.7. The first-order chi connectivity index (χ1) is 20.3. The molecule has 0 spiro atoms. The number of para-hydroxylation sites is 2. The number of hydrogen-bond acceptors (Lipinski definition) is 6. The lowest BCUT2D eigenvalue weighted by atomic mass is 10.1. The third kappa shape index (κ3) is 7.23. The maximum Gasteiger partial charge on any atom is 0.264 e. The second kappa shape index (κ2) is 14.2. The number of hydrogen-bond donors (Lipinski definition) is 1. The number of amides is 2. The molecule has 2 amide bonds. The molecule has 0 bridgehead atoms. The number of methoxy groups -OCH3 is 2. The third-order valence-corrected chi connectivity index (χ3v) is 9.34. The summed E-state index contributed by atoms with van der Waals surface area (Å²) in [7, 11) is -1.29. The Morgan fingerprint density at radius 3 is 2.17 bits per heavy atom. The second-order valence-electron chi connectivity index (χ2n) is 10.3. The molecule has 42 heavy (non-hydrogen) atoms. The van der Waals surface area contributed by atoms with Crippen LogP contribution in [-0.2, 0) is 26.2 Å². The van der Waals surface area contributed by atoms with Crippen LogP contribution in [0.5, 0.6) is 11.5 Å². The molecular weight excluding hydrogens is 554 g/mol. The van der Waals surface area contributed by atoms with E-state index in [0.717, 1.165) is 35.6 Å². The van der Waals surface area contributed by atoms with Crippen LogP contribution in [-0.4, -0.2) is 58.0 Å². The van der Waals surface area contributed by atoms with Crippen molar-refractivity contribution in [1.29, 1.82) is 0 Å². The van der Waals surface area contributed by atoms with Gasteiger partial charge in [-0.05, 0) is 61.2 Å². The highest BCUT2D eigenvalue weighted by Gasteiger charge is 2.35. The van der Waals surface area contributed by atoms with E-state index in [1.807, 2.05) is 37.3 Å². The number of rotatable bonds is 13. The van der Waals surface area contributed by atoms with Crippen molar-refractivity contribution >= 4 is 27.5 Å². The SMILES string of the molecule is CC[C@H](C(=O)NC1CCCC1)N(Cc1ccccc1)C(=O)CN(c1ccccc1OC)S(=O)(=O)c1ccc(OC)cc1. The van der Waals surface area contributed by atoms with Crippen molar-refractivity contribution < 1.29 is 27.5 Å². The Balaban J connectivity index is 1.73. The molecule has 1 saturated carbocycles. The lowest BCUT2D eigenvalue weighted by Gasteiger charge is -2.34. The molecule has 0 saturated heterocycles. The van der Waals surface area contributed by atoms with Crippen molar-refractivity contribution in [3.8, 4) is 11.5 Å². The number of benzene rings is 3. The molecule has 1 N–H and O–H groups in total. The molecule has 9 nitrogen and oxygen atoms in total. The van der Waals surface area contributed by atoms with Crippen LogP contribution in [0.4, 0.5) is 5.69 Å². The normalized spacial score (nSPS) is 14.2. The summed E-state index contributed by atoms with van der Waals surface area (Å²) < 4.78 is 39.9. The zero-order chi connectivity index (χ0) is 30.1. The topological polar surface area (TPSA) is 105 Å². The molecule has 1 atom stereocenters. The van der Waals surface area contributed by atoms with Gasteiger partial charge in [0.2, 0.25) is 11.8 Å².